The van der Waals surface area contributed by atoms with Crippen LogP contribution in [0.3, 0.4) is 0 Å². The molecule has 4 atom stereocenters. The summed E-state index contributed by atoms with van der Waals surface area (Å²) in [7, 11) is 1.69. The van der Waals surface area contributed by atoms with Gasteiger partial charge in [0.25, 0.3) is 5.91 Å². The monoisotopic (exact) mass is 714 g/mol. The van der Waals surface area contributed by atoms with Crippen LogP contribution in [0.15, 0.2) is 65.2 Å². The molecular formula is C39H50N6O7. The number of aliphatic hydroxyl groups excluding tert-OH is 1. The molecule has 0 saturated heterocycles. The van der Waals surface area contributed by atoms with E-state index in [0.29, 0.717) is 40.9 Å². The number of rotatable bonds is 7. The van der Waals surface area contributed by atoms with Crippen molar-refractivity contribution in [2.45, 2.75) is 72.1 Å². The van der Waals surface area contributed by atoms with Gasteiger partial charge in [-0.25, -0.2) is 9.59 Å². The summed E-state index contributed by atoms with van der Waals surface area (Å²) >= 11 is 0. The molecule has 4 N–H and O–H groups in total. The highest BCUT2D eigenvalue weighted by atomic mass is 16.5. The summed E-state index contributed by atoms with van der Waals surface area (Å²) in [6.07, 6.45) is 1.70. The number of amides is 5. The molecule has 278 valence electrons. The van der Waals surface area contributed by atoms with Crippen LogP contribution < -0.4 is 20.7 Å². The SMILES string of the molecule is Cc1noc(C)c1NC(=O)N(C)C[C@@H]1OCCCC[C@@H](C)Oc2ccc(NC(=O)Nc3cccc4ccccc34)cc2C(=O)N([C@@H](C)CO)C[C@@H]1C. The van der Waals surface area contributed by atoms with E-state index in [9.17, 15) is 19.5 Å². The van der Waals surface area contributed by atoms with Gasteiger partial charge in [0.05, 0.1) is 36.1 Å². The highest BCUT2D eigenvalue weighted by molar-refractivity contribution is 6.07. The lowest BCUT2D eigenvalue weighted by Gasteiger charge is -2.35. The molecule has 0 fully saturated rings. The summed E-state index contributed by atoms with van der Waals surface area (Å²) in [5, 5.41) is 24.8. The van der Waals surface area contributed by atoms with Crippen LogP contribution in [0.4, 0.5) is 26.7 Å². The Morgan fingerprint density at radius 3 is 2.56 bits per heavy atom. The molecule has 52 heavy (non-hydrogen) atoms. The number of ether oxygens (including phenoxy) is 2. The molecular weight excluding hydrogens is 664 g/mol. The number of nitrogens with zero attached hydrogens (tertiary/aromatic N) is 3. The number of anilines is 3. The average molecular weight is 715 g/mol. The third kappa shape index (κ3) is 9.39. The Balaban J connectivity index is 1.38. The van der Waals surface area contributed by atoms with E-state index in [1.165, 1.54) is 0 Å². The van der Waals surface area contributed by atoms with E-state index >= 15 is 0 Å². The lowest BCUT2D eigenvalue weighted by Crippen LogP contribution is -2.48. The molecule has 13 nitrogen and oxygen atoms in total. The summed E-state index contributed by atoms with van der Waals surface area (Å²) in [6.45, 7) is 9.85. The summed E-state index contributed by atoms with van der Waals surface area (Å²) in [5.74, 6) is 0.289. The zero-order valence-corrected chi connectivity index (χ0v) is 30.8. The molecule has 1 aliphatic heterocycles. The van der Waals surface area contributed by atoms with Crippen LogP contribution in [0.25, 0.3) is 10.8 Å². The predicted molar refractivity (Wildman–Crippen MR) is 201 cm³/mol. The normalized spacial score (nSPS) is 19.2. The maximum atomic E-state index is 14.5. The van der Waals surface area contributed by atoms with E-state index in [4.69, 9.17) is 14.0 Å². The van der Waals surface area contributed by atoms with Crippen molar-refractivity contribution in [1.82, 2.24) is 15.0 Å². The fourth-order valence-electron chi connectivity index (χ4n) is 6.30. The number of urea groups is 2. The molecule has 5 amide bonds. The Morgan fingerprint density at radius 2 is 1.81 bits per heavy atom. The van der Waals surface area contributed by atoms with E-state index < -0.39 is 18.2 Å². The number of carbonyl (C=O) groups excluding carboxylic acids is 3. The number of fused-ring (bicyclic) bond motifs is 2. The van der Waals surface area contributed by atoms with Gasteiger partial charge in [-0.1, -0.05) is 48.5 Å². The number of aryl methyl sites for hydroxylation is 2. The highest BCUT2D eigenvalue weighted by Crippen LogP contribution is 2.29. The fraction of sp³-hybridized carbons (Fsp3) is 0.436. The first kappa shape index (κ1) is 38.1. The summed E-state index contributed by atoms with van der Waals surface area (Å²) in [6, 6.07) is 17.1. The topological polar surface area (TPSA) is 158 Å². The molecule has 5 rings (SSSR count). The largest absolute Gasteiger partial charge is 0.490 e. The fourth-order valence-corrected chi connectivity index (χ4v) is 6.30. The molecule has 0 spiro atoms. The van der Waals surface area contributed by atoms with Crippen LogP contribution in [0, 0.1) is 19.8 Å². The van der Waals surface area contributed by atoms with Gasteiger partial charge in [0, 0.05) is 43.7 Å². The van der Waals surface area contributed by atoms with Crippen LogP contribution in [-0.2, 0) is 4.74 Å². The first-order valence-corrected chi connectivity index (χ1v) is 17.8. The Hall–Kier alpha value is -5.14. The smallest absolute Gasteiger partial charge is 0.323 e. The van der Waals surface area contributed by atoms with E-state index in [1.807, 2.05) is 56.3 Å². The first-order chi connectivity index (χ1) is 24.9. The van der Waals surface area contributed by atoms with Crippen molar-refractivity contribution >= 4 is 45.8 Å². The van der Waals surface area contributed by atoms with E-state index in [1.54, 1.807) is 55.8 Å². The number of likely N-dealkylation sites (N-methyl/N-ethyl adjacent to an activating group) is 1. The van der Waals surface area contributed by atoms with Crippen molar-refractivity contribution in [1.29, 1.82) is 0 Å². The zero-order chi connectivity index (χ0) is 37.4. The first-order valence-electron chi connectivity index (χ1n) is 17.8. The number of nitrogens with one attached hydrogen (secondary N) is 3. The molecule has 1 aliphatic rings. The molecule has 0 aliphatic carbocycles. The van der Waals surface area contributed by atoms with Gasteiger partial charge in [0.15, 0.2) is 5.76 Å². The third-order valence-corrected chi connectivity index (χ3v) is 9.41. The number of aliphatic hydroxyl groups is 1. The number of benzene rings is 3. The summed E-state index contributed by atoms with van der Waals surface area (Å²) < 4.78 is 17.9. The van der Waals surface area contributed by atoms with Gasteiger partial charge in [-0.05, 0) is 76.6 Å². The van der Waals surface area contributed by atoms with Crippen LogP contribution in [-0.4, -0.2) is 89.6 Å². The van der Waals surface area contributed by atoms with Crippen molar-refractivity contribution < 1.29 is 33.5 Å². The average Bonchev–Trinajstić information content (AvgIpc) is 3.44. The van der Waals surface area contributed by atoms with E-state index in [0.717, 1.165) is 30.0 Å². The minimum Gasteiger partial charge on any atom is -0.490 e. The zero-order valence-electron chi connectivity index (χ0n) is 30.8. The van der Waals surface area contributed by atoms with Crippen molar-refractivity contribution in [3.63, 3.8) is 0 Å². The van der Waals surface area contributed by atoms with Gasteiger partial charge in [0.1, 0.15) is 17.1 Å². The maximum absolute atomic E-state index is 14.5. The molecule has 4 aromatic rings. The Kier molecular flexibility index (Phi) is 12.7. The van der Waals surface area contributed by atoms with Gasteiger partial charge < -0.3 is 44.9 Å². The van der Waals surface area contributed by atoms with Gasteiger partial charge >= 0.3 is 12.1 Å². The summed E-state index contributed by atoms with van der Waals surface area (Å²) in [5.41, 5.74) is 2.42. The predicted octanol–water partition coefficient (Wildman–Crippen LogP) is 7.05. The van der Waals surface area contributed by atoms with Gasteiger partial charge in [-0.2, -0.15) is 0 Å². The van der Waals surface area contributed by atoms with Crippen LogP contribution in [0.2, 0.25) is 0 Å². The second-order valence-corrected chi connectivity index (χ2v) is 13.6. The Morgan fingerprint density at radius 1 is 1.04 bits per heavy atom. The molecule has 1 aromatic heterocycles. The minimum absolute atomic E-state index is 0.208. The number of carbonyl (C=O) groups is 3. The van der Waals surface area contributed by atoms with Gasteiger partial charge in [-0.3, -0.25) is 4.79 Å². The third-order valence-electron chi connectivity index (χ3n) is 9.41. The molecule has 2 heterocycles. The lowest BCUT2D eigenvalue weighted by molar-refractivity contribution is -0.0115. The Labute approximate surface area is 304 Å². The molecule has 13 heteroatoms. The lowest BCUT2D eigenvalue weighted by atomic mass is 10.0. The van der Waals surface area contributed by atoms with Gasteiger partial charge in [-0.15, -0.1) is 0 Å². The van der Waals surface area contributed by atoms with Crippen molar-refractivity contribution in [3.05, 3.63) is 77.7 Å². The number of aromatic nitrogens is 1. The van der Waals surface area contributed by atoms with Crippen LogP contribution in [0.1, 0.15) is 61.8 Å². The van der Waals surface area contributed by atoms with Crippen molar-refractivity contribution in [3.8, 4) is 5.75 Å². The molecule has 3 aromatic carbocycles. The summed E-state index contributed by atoms with van der Waals surface area (Å²) in [4.78, 5) is 44.1. The van der Waals surface area contributed by atoms with E-state index in [-0.39, 0.29) is 49.2 Å². The quantitative estimate of drug-likeness (QED) is 0.159. The molecule has 0 radical (unpaired) electrons. The highest BCUT2D eigenvalue weighted by Gasteiger charge is 2.31. The standard InChI is InChI=1S/C39H50N6O7/c1-24-21-45(25(2)23-46)37(47)32-20-30(40-38(48)41-33-16-11-14-29-13-7-8-15-31(29)33)17-18-34(32)51-26(3)12-9-10-19-50-35(24)22-44(6)39(49)42-36-27(4)43-52-28(36)5/h7-8,11,13-18,20,24-26,35,46H,9-10,12,19,21-23H2,1-6H3,(H,42,49)(H2,40,41,48)/t24-,25-,26+,35-/m0/s1. The van der Waals surface area contributed by atoms with Crippen LogP contribution in [0.5, 0.6) is 5.75 Å². The molecule has 0 unspecified atom stereocenters. The molecule has 0 bridgehead atoms. The van der Waals surface area contributed by atoms with Gasteiger partial charge in [0.2, 0.25) is 0 Å². The van der Waals surface area contributed by atoms with E-state index in [2.05, 4.69) is 21.1 Å². The number of hydrogen-bond acceptors (Lipinski definition) is 8. The molecule has 0 saturated carbocycles. The second-order valence-electron chi connectivity index (χ2n) is 13.6. The second kappa shape index (κ2) is 17.4. The minimum atomic E-state index is -0.555. The van der Waals surface area contributed by atoms with Crippen molar-refractivity contribution in [2.24, 2.45) is 5.92 Å². The maximum Gasteiger partial charge on any atom is 0.323 e. The van der Waals surface area contributed by atoms with Crippen LogP contribution >= 0.6 is 0 Å². The number of hydrogen-bond donors (Lipinski definition) is 4. The Bertz CT molecular complexity index is 1840. The van der Waals surface area contributed by atoms with Crippen molar-refractivity contribution in [2.75, 3.05) is 49.3 Å².